The van der Waals surface area contributed by atoms with Crippen LogP contribution in [0.2, 0.25) is 0 Å². The van der Waals surface area contributed by atoms with Crippen molar-refractivity contribution in [2.24, 2.45) is 0 Å². The number of hydrogen-bond donors (Lipinski definition) is 0. The molecule has 0 N–H and O–H groups in total. The number of benzene rings is 1. The first-order valence-electron chi connectivity index (χ1n) is 7.85. The molecule has 0 radical (unpaired) electrons. The van der Waals surface area contributed by atoms with Gasteiger partial charge in [-0.05, 0) is 18.2 Å². The molecular formula is C16H22ClFN2O3. The number of carbonyl (C=O) groups is 1. The van der Waals surface area contributed by atoms with E-state index in [1.54, 1.807) is 12.1 Å². The highest BCUT2D eigenvalue weighted by Crippen LogP contribution is 2.28. The molecule has 23 heavy (non-hydrogen) atoms. The van der Waals surface area contributed by atoms with E-state index < -0.39 is 6.09 Å². The van der Waals surface area contributed by atoms with E-state index in [1.165, 1.54) is 11.0 Å². The summed E-state index contributed by atoms with van der Waals surface area (Å²) in [5.41, 5.74) is 1.02. The lowest BCUT2D eigenvalue weighted by Crippen LogP contribution is -2.36. The summed E-state index contributed by atoms with van der Waals surface area (Å²) in [6.45, 7) is 6.86. The fourth-order valence-electron chi connectivity index (χ4n) is 2.54. The number of alkyl halides is 1. The molecule has 1 amide bonds. The Hall–Kier alpha value is -1.53. The van der Waals surface area contributed by atoms with Crippen molar-refractivity contribution >= 4 is 29.1 Å². The number of rotatable bonds is 3. The van der Waals surface area contributed by atoms with Gasteiger partial charge in [0.05, 0.1) is 37.0 Å². The second-order valence-corrected chi connectivity index (χ2v) is 5.31. The molecule has 1 unspecified atom stereocenters. The molecule has 2 aliphatic rings. The van der Waals surface area contributed by atoms with Gasteiger partial charge < -0.3 is 14.4 Å². The number of halogens is 2. The Morgan fingerprint density at radius 3 is 2.57 bits per heavy atom. The zero-order valence-corrected chi connectivity index (χ0v) is 14.2. The van der Waals surface area contributed by atoms with Crippen LogP contribution < -0.4 is 9.80 Å². The van der Waals surface area contributed by atoms with Crippen molar-refractivity contribution in [2.75, 3.05) is 48.5 Å². The number of hydrogen-bond acceptors (Lipinski definition) is 4. The third-order valence-electron chi connectivity index (χ3n) is 3.64. The van der Waals surface area contributed by atoms with Crippen molar-refractivity contribution in [3.05, 3.63) is 24.0 Å². The van der Waals surface area contributed by atoms with Gasteiger partial charge in [-0.2, -0.15) is 0 Å². The SMILES string of the molecule is CC.O=C1OC(CCl)CN1c1ccc(N2CCOCC2)c(F)c1. The minimum atomic E-state index is -0.487. The summed E-state index contributed by atoms with van der Waals surface area (Å²) in [4.78, 5) is 15.1. The predicted octanol–water partition coefficient (Wildman–Crippen LogP) is 3.25. The van der Waals surface area contributed by atoms with Gasteiger partial charge in [0.1, 0.15) is 11.9 Å². The van der Waals surface area contributed by atoms with Crippen molar-refractivity contribution in [3.63, 3.8) is 0 Å². The van der Waals surface area contributed by atoms with Crippen LogP contribution in [0.15, 0.2) is 18.2 Å². The van der Waals surface area contributed by atoms with Gasteiger partial charge in [0.2, 0.25) is 0 Å². The Morgan fingerprint density at radius 1 is 1.30 bits per heavy atom. The normalized spacial score (nSPS) is 20.9. The Labute approximate surface area is 140 Å². The second kappa shape index (κ2) is 8.36. The smallest absolute Gasteiger partial charge is 0.414 e. The predicted molar refractivity (Wildman–Crippen MR) is 89.1 cm³/mol. The molecule has 128 valence electrons. The fraction of sp³-hybridized carbons (Fsp3) is 0.562. The van der Waals surface area contributed by atoms with Gasteiger partial charge in [0.25, 0.3) is 0 Å². The summed E-state index contributed by atoms with van der Waals surface area (Å²) in [5.74, 6) is -0.118. The molecule has 0 aromatic heterocycles. The van der Waals surface area contributed by atoms with Crippen LogP contribution in [0.5, 0.6) is 0 Å². The molecule has 0 bridgehead atoms. The number of cyclic esters (lactones) is 1. The van der Waals surface area contributed by atoms with Gasteiger partial charge in [-0.3, -0.25) is 4.90 Å². The lowest BCUT2D eigenvalue weighted by Gasteiger charge is -2.29. The first kappa shape index (κ1) is 17.8. The van der Waals surface area contributed by atoms with Crippen molar-refractivity contribution < 1.29 is 18.7 Å². The topological polar surface area (TPSA) is 42.0 Å². The molecule has 2 aliphatic heterocycles. The van der Waals surface area contributed by atoms with E-state index >= 15 is 0 Å². The lowest BCUT2D eigenvalue weighted by molar-refractivity contribution is 0.122. The fourth-order valence-corrected chi connectivity index (χ4v) is 2.70. The number of carbonyl (C=O) groups excluding carboxylic acids is 1. The maximum atomic E-state index is 14.3. The Balaban J connectivity index is 0.000000924. The van der Waals surface area contributed by atoms with Gasteiger partial charge >= 0.3 is 6.09 Å². The van der Waals surface area contributed by atoms with Crippen LogP contribution in [0.1, 0.15) is 13.8 Å². The molecule has 2 fully saturated rings. The molecule has 2 saturated heterocycles. The van der Waals surface area contributed by atoms with E-state index in [-0.39, 0.29) is 17.8 Å². The van der Waals surface area contributed by atoms with Gasteiger partial charge in [-0.1, -0.05) is 13.8 Å². The molecule has 7 heteroatoms. The quantitative estimate of drug-likeness (QED) is 0.789. The van der Waals surface area contributed by atoms with E-state index in [2.05, 4.69) is 0 Å². The molecule has 2 heterocycles. The molecule has 5 nitrogen and oxygen atoms in total. The van der Waals surface area contributed by atoms with Gasteiger partial charge in [-0.25, -0.2) is 9.18 Å². The minimum absolute atomic E-state index is 0.233. The number of nitrogens with zero attached hydrogens (tertiary/aromatic N) is 2. The van der Waals surface area contributed by atoms with E-state index in [0.717, 1.165) is 0 Å². The van der Waals surface area contributed by atoms with Crippen LogP contribution in [0.4, 0.5) is 20.6 Å². The van der Waals surface area contributed by atoms with E-state index in [4.69, 9.17) is 21.1 Å². The Bertz CT molecular complexity index is 538. The zero-order valence-electron chi connectivity index (χ0n) is 13.4. The summed E-state index contributed by atoms with van der Waals surface area (Å²) in [7, 11) is 0. The Morgan fingerprint density at radius 2 is 2.00 bits per heavy atom. The molecule has 1 atom stereocenters. The molecule has 0 saturated carbocycles. The summed E-state index contributed by atoms with van der Waals surface area (Å²) >= 11 is 5.69. The largest absolute Gasteiger partial charge is 0.443 e. The van der Waals surface area contributed by atoms with E-state index in [0.29, 0.717) is 44.2 Å². The van der Waals surface area contributed by atoms with Crippen LogP contribution in [0, 0.1) is 5.82 Å². The van der Waals surface area contributed by atoms with Crippen LogP contribution in [0.25, 0.3) is 0 Å². The highest BCUT2D eigenvalue weighted by molar-refractivity contribution is 6.18. The van der Waals surface area contributed by atoms with Gasteiger partial charge in [-0.15, -0.1) is 11.6 Å². The molecule has 1 aromatic rings. The molecule has 0 aliphatic carbocycles. The monoisotopic (exact) mass is 344 g/mol. The van der Waals surface area contributed by atoms with Crippen LogP contribution in [-0.2, 0) is 9.47 Å². The van der Waals surface area contributed by atoms with Crippen molar-refractivity contribution in [3.8, 4) is 0 Å². The van der Waals surface area contributed by atoms with Crippen molar-refractivity contribution in [1.82, 2.24) is 0 Å². The first-order chi connectivity index (χ1) is 11.2. The third-order valence-corrected chi connectivity index (χ3v) is 3.99. The van der Waals surface area contributed by atoms with Crippen LogP contribution in [0.3, 0.4) is 0 Å². The van der Waals surface area contributed by atoms with E-state index in [9.17, 15) is 9.18 Å². The Kier molecular flexibility index (Phi) is 6.47. The van der Waals surface area contributed by atoms with Gasteiger partial charge in [0.15, 0.2) is 0 Å². The average Bonchev–Trinajstić information content (AvgIpc) is 2.98. The summed E-state index contributed by atoms with van der Waals surface area (Å²) in [6, 6.07) is 4.78. The highest BCUT2D eigenvalue weighted by atomic mass is 35.5. The maximum Gasteiger partial charge on any atom is 0.414 e. The van der Waals surface area contributed by atoms with Gasteiger partial charge in [0, 0.05) is 13.1 Å². The number of morpholine rings is 1. The van der Waals surface area contributed by atoms with Crippen molar-refractivity contribution in [2.45, 2.75) is 20.0 Å². The third kappa shape index (κ3) is 4.06. The number of anilines is 2. The molecular weight excluding hydrogens is 323 g/mol. The average molecular weight is 345 g/mol. The summed E-state index contributed by atoms with van der Waals surface area (Å²) in [6.07, 6.45) is -0.833. The maximum absolute atomic E-state index is 14.3. The molecule has 0 spiro atoms. The molecule has 3 rings (SSSR count). The van der Waals surface area contributed by atoms with Crippen LogP contribution >= 0.6 is 11.6 Å². The lowest BCUT2D eigenvalue weighted by atomic mass is 10.2. The summed E-state index contributed by atoms with van der Waals surface area (Å²) < 4.78 is 24.6. The second-order valence-electron chi connectivity index (χ2n) is 5.01. The van der Waals surface area contributed by atoms with Crippen LogP contribution in [-0.4, -0.2) is 50.9 Å². The number of ether oxygens (including phenoxy) is 2. The van der Waals surface area contributed by atoms with E-state index in [1.807, 2.05) is 18.7 Å². The first-order valence-corrected chi connectivity index (χ1v) is 8.39. The zero-order chi connectivity index (χ0) is 16.8. The minimum Gasteiger partial charge on any atom is -0.443 e. The highest BCUT2D eigenvalue weighted by Gasteiger charge is 2.32. The summed E-state index contributed by atoms with van der Waals surface area (Å²) in [5, 5.41) is 0. The number of amides is 1. The molecule has 1 aromatic carbocycles. The van der Waals surface area contributed by atoms with Crippen molar-refractivity contribution in [1.29, 1.82) is 0 Å². The standard InChI is InChI=1S/C14H16ClFN2O3.C2H6/c15-8-11-9-18(14(19)21-11)10-1-2-13(12(16)7-10)17-3-5-20-6-4-17;1-2/h1-2,7,11H,3-6,8-9H2;1-2H3.